The van der Waals surface area contributed by atoms with Crippen LogP contribution in [-0.2, 0) is 9.47 Å². The number of rotatable bonds is 4. The summed E-state index contributed by atoms with van der Waals surface area (Å²) >= 11 is 0. The highest BCUT2D eigenvalue weighted by Crippen LogP contribution is 2.25. The van der Waals surface area contributed by atoms with E-state index in [-0.39, 0.29) is 11.8 Å². The molecule has 0 aromatic heterocycles. The lowest BCUT2D eigenvalue weighted by molar-refractivity contribution is 0.334. The number of nitrogens with zero attached hydrogens (tertiary/aromatic N) is 2. The van der Waals surface area contributed by atoms with Crippen LogP contribution in [0.25, 0.3) is 0 Å². The van der Waals surface area contributed by atoms with Crippen LogP contribution in [0.5, 0.6) is 0 Å². The molecule has 0 saturated heterocycles. The van der Waals surface area contributed by atoms with E-state index in [9.17, 15) is 0 Å². The average Bonchev–Trinajstić information content (AvgIpc) is 3.18. The Bertz CT molecular complexity index is 506. The molecule has 106 valence electrons. The largest absolute Gasteiger partial charge is 0.479 e. The molecule has 4 heteroatoms. The Morgan fingerprint density at radius 2 is 1.40 bits per heavy atom. The molecule has 0 aliphatic carbocycles. The summed E-state index contributed by atoms with van der Waals surface area (Å²) in [5.41, 5.74) is 2.46. The van der Waals surface area contributed by atoms with E-state index in [1.807, 2.05) is 0 Å². The van der Waals surface area contributed by atoms with Crippen molar-refractivity contribution in [2.75, 3.05) is 26.3 Å². The van der Waals surface area contributed by atoms with Crippen LogP contribution in [0.4, 0.5) is 0 Å². The second-order valence-electron chi connectivity index (χ2n) is 5.25. The Morgan fingerprint density at radius 3 is 1.80 bits per heavy atom. The van der Waals surface area contributed by atoms with Crippen molar-refractivity contribution in [1.29, 1.82) is 0 Å². The standard InChI is InChI=1S/C16H20N2O2/c1-11(15-17-6-8-19-15)13-4-3-5-14(10-13)12(2)16-18-7-9-20-16/h3-5,10-12H,6-9H2,1-2H3. The average molecular weight is 272 g/mol. The van der Waals surface area contributed by atoms with Gasteiger partial charge in [0.15, 0.2) is 11.8 Å². The first-order valence-corrected chi connectivity index (χ1v) is 7.20. The first-order valence-electron chi connectivity index (χ1n) is 7.20. The predicted molar refractivity (Wildman–Crippen MR) is 79.8 cm³/mol. The van der Waals surface area contributed by atoms with Crippen LogP contribution in [0.15, 0.2) is 34.3 Å². The zero-order valence-electron chi connectivity index (χ0n) is 12.0. The van der Waals surface area contributed by atoms with E-state index in [2.05, 4.69) is 48.1 Å². The summed E-state index contributed by atoms with van der Waals surface area (Å²) in [6.45, 7) is 7.25. The van der Waals surface area contributed by atoms with Gasteiger partial charge in [-0.3, -0.25) is 9.98 Å². The van der Waals surface area contributed by atoms with E-state index in [1.54, 1.807) is 0 Å². The third-order valence-electron chi connectivity index (χ3n) is 3.87. The van der Waals surface area contributed by atoms with Gasteiger partial charge in [0.2, 0.25) is 0 Å². The molecule has 4 nitrogen and oxygen atoms in total. The van der Waals surface area contributed by atoms with Crippen LogP contribution in [0, 0.1) is 0 Å². The second-order valence-corrected chi connectivity index (χ2v) is 5.25. The van der Waals surface area contributed by atoms with Crippen molar-refractivity contribution in [1.82, 2.24) is 0 Å². The van der Waals surface area contributed by atoms with Gasteiger partial charge < -0.3 is 9.47 Å². The van der Waals surface area contributed by atoms with Crippen molar-refractivity contribution in [2.24, 2.45) is 9.98 Å². The van der Waals surface area contributed by atoms with Gasteiger partial charge in [-0.25, -0.2) is 0 Å². The summed E-state index contributed by atoms with van der Waals surface area (Å²) in [5, 5.41) is 0. The Labute approximate surface area is 119 Å². The fourth-order valence-corrected chi connectivity index (χ4v) is 2.61. The van der Waals surface area contributed by atoms with E-state index in [0.29, 0.717) is 13.2 Å². The third-order valence-corrected chi connectivity index (χ3v) is 3.87. The van der Waals surface area contributed by atoms with Gasteiger partial charge in [0.25, 0.3) is 0 Å². The van der Waals surface area contributed by atoms with Crippen molar-refractivity contribution in [3.8, 4) is 0 Å². The number of aliphatic imine (C=N–C) groups is 2. The lowest BCUT2D eigenvalue weighted by atomic mass is 9.94. The van der Waals surface area contributed by atoms with Crippen LogP contribution in [-0.4, -0.2) is 38.1 Å². The van der Waals surface area contributed by atoms with Crippen LogP contribution in [0.1, 0.15) is 36.8 Å². The van der Waals surface area contributed by atoms with Crippen LogP contribution in [0.3, 0.4) is 0 Å². The summed E-state index contributed by atoms with van der Waals surface area (Å²) < 4.78 is 11.1. The molecule has 2 aliphatic rings. The maximum Gasteiger partial charge on any atom is 0.190 e. The van der Waals surface area contributed by atoms with Crippen molar-refractivity contribution in [3.05, 3.63) is 35.4 Å². The second kappa shape index (κ2) is 5.65. The highest BCUT2D eigenvalue weighted by Gasteiger charge is 2.21. The quantitative estimate of drug-likeness (QED) is 0.846. The summed E-state index contributed by atoms with van der Waals surface area (Å²) in [7, 11) is 0. The Hall–Kier alpha value is -1.84. The lowest BCUT2D eigenvalue weighted by Crippen LogP contribution is -2.12. The fourth-order valence-electron chi connectivity index (χ4n) is 2.61. The van der Waals surface area contributed by atoms with E-state index in [1.165, 1.54) is 11.1 Å². The van der Waals surface area contributed by atoms with Gasteiger partial charge in [0.1, 0.15) is 13.2 Å². The number of hydrogen-bond donors (Lipinski definition) is 0. The van der Waals surface area contributed by atoms with Crippen molar-refractivity contribution < 1.29 is 9.47 Å². The minimum atomic E-state index is 0.205. The molecule has 0 amide bonds. The molecular formula is C16H20N2O2. The van der Waals surface area contributed by atoms with E-state index in [4.69, 9.17) is 9.47 Å². The highest BCUT2D eigenvalue weighted by molar-refractivity contribution is 5.86. The third kappa shape index (κ3) is 2.55. The molecule has 0 N–H and O–H groups in total. The molecule has 1 aromatic carbocycles. The van der Waals surface area contributed by atoms with Gasteiger partial charge in [-0.15, -0.1) is 0 Å². The monoisotopic (exact) mass is 272 g/mol. The van der Waals surface area contributed by atoms with Gasteiger partial charge in [-0.2, -0.15) is 0 Å². The zero-order valence-corrected chi connectivity index (χ0v) is 12.0. The van der Waals surface area contributed by atoms with Crippen LogP contribution < -0.4 is 0 Å². The van der Waals surface area contributed by atoms with Gasteiger partial charge in [-0.05, 0) is 25.0 Å². The Balaban J connectivity index is 1.81. The summed E-state index contributed by atoms with van der Waals surface area (Å²) in [4.78, 5) is 8.82. The zero-order chi connectivity index (χ0) is 13.9. The van der Waals surface area contributed by atoms with Gasteiger partial charge in [-0.1, -0.05) is 24.3 Å². The number of benzene rings is 1. The van der Waals surface area contributed by atoms with Crippen molar-refractivity contribution >= 4 is 11.8 Å². The Morgan fingerprint density at radius 1 is 0.900 bits per heavy atom. The molecule has 3 rings (SSSR count). The summed E-state index contributed by atoms with van der Waals surface area (Å²) in [6, 6.07) is 8.55. The normalized spacial score (nSPS) is 20.7. The first kappa shape index (κ1) is 13.2. The molecule has 2 aliphatic heterocycles. The van der Waals surface area contributed by atoms with E-state index in [0.717, 1.165) is 24.9 Å². The topological polar surface area (TPSA) is 43.2 Å². The molecule has 0 saturated carbocycles. The highest BCUT2D eigenvalue weighted by atomic mass is 16.5. The van der Waals surface area contributed by atoms with Crippen LogP contribution in [0.2, 0.25) is 0 Å². The number of ether oxygens (including phenoxy) is 2. The van der Waals surface area contributed by atoms with Crippen molar-refractivity contribution in [2.45, 2.75) is 25.7 Å². The summed E-state index contributed by atoms with van der Waals surface area (Å²) in [5.74, 6) is 2.11. The van der Waals surface area contributed by atoms with Gasteiger partial charge in [0.05, 0.1) is 24.9 Å². The molecule has 20 heavy (non-hydrogen) atoms. The van der Waals surface area contributed by atoms with Crippen LogP contribution >= 0.6 is 0 Å². The molecule has 0 bridgehead atoms. The van der Waals surface area contributed by atoms with E-state index >= 15 is 0 Å². The smallest absolute Gasteiger partial charge is 0.190 e. The molecule has 2 atom stereocenters. The lowest BCUT2D eigenvalue weighted by Gasteiger charge is -2.16. The molecular weight excluding hydrogens is 252 g/mol. The van der Waals surface area contributed by atoms with E-state index < -0.39 is 0 Å². The van der Waals surface area contributed by atoms with Gasteiger partial charge in [0, 0.05) is 0 Å². The van der Waals surface area contributed by atoms with Crippen molar-refractivity contribution in [3.63, 3.8) is 0 Å². The first-order chi connectivity index (χ1) is 9.75. The van der Waals surface area contributed by atoms with Gasteiger partial charge >= 0.3 is 0 Å². The predicted octanol–water partition coefficient (Wildman–Crippen LogP) is 2.75. The maximum atomic E-state index is 5.57. The molecule has 0 radical (unpaired) electrons. The molecule has 2 heterocycles. The fraction of sp³-hybridized carbons (Fsp3) is 0.500. The molecule has 2 unspecified atom stereocenters. The summed E-state index contributed by atoms with van der Waals surface area (Å²) in [6.07, 6.45) is 0. The minimum Gasteiger partial charge on any atom is -0.479 e. The maximum absolute atomic E-state index is 5.57. The minimum absolute atomic E-state index is 0.205. The molecule has 0 fully saturated rings. The SMILES string of the molecule is CC(C1=NCCO1)c1cccc(C(C)C2=NCCO2)c1. The Kier molecular flexibility index (Phi) is 3.72. The molecule has 1 aromatic rings. The number of hydrogen-bond acceptors (Lipinski definition) is 4. The molecule has 0 spiro atoms.